The van der Waals surface area contributed by atoms with Crippen molar-refractivity contribution in [2.75, 3.05) is 0 Å². The molecule has 0 N–H and O–H groups in total. The lowest BCUT2D eigenvalue weighted by Crippen LogP contribution is -2.32. The van der Waals surface area contributed by atoms with Crippen LogP contribution < -0.4 is 0 Å². The van der Waals surface area contributed by atoms with Crippen molar-refractivity contribution >= 4 is 11.1 Å². The SMILES string of the molecule is CC12C3=C4C5=CC=CC4c4cccc(c41)-c1cccc(c12)-c1cccc5c13. The second-order valence-corrected chi connectivity index (χ2v) is 8.58. The third-order valence-corrected chi connectivity index (χ3v) is 7.62. The summed E-state index contributed by atoms with van der Waals surface area (Å²) in [4.78, 5) is 0. The maximum absolute atomic E-state index is 2.49. The molecule has 5 aliphatic carbocycles. The van der Waals surface area contributed by atoms with E-state index in [1.165, 1.54) is 50.1 Å². The van der Waals surface area contributed by atoms with Gasteiger partial charge in [0.05, 0.1) is 0 Å². The van der Waals surface area contributed by atoms with Gasteiger partial charge in [-0.2, -0.15) is 0 Å². The second kappa shape index (κ2) is 3.77. The lowest BCUT2D eigenvalue weighted by molar-refractivity contribution is 0.723. The molecule has 0 amide bonds. The molecule has 0 fully saturated rings. The van der Waals surface area contributed by atoms with Gasteiger partial charge in [-0.25, -0.2) is 0 Å². The van der Waals surface area contributed by atoms with Gasteiger partial charge in [-0.05, 0) is 73.7 Å². The summed E-state index contributed by atoms with van der Waals surface area (Å²) in [6.45, 7) is 2.49. The molecule has 27 heavy (non-hydrogen) atoms. The first-order chi connectivity index (χ1) is 13.3. The Morgan fingerprint density at radius 1 is 0.741 bits per heavy atom. The summed E-state index contributed by atoms with van der Waals surface area (Å²) in [5, 5.41) is 0. The number of rotatable bonds is 0. The topological polar surface area (TPSA) is 0 Å². The smallest absolute Gasteiger partial charge is 0.0454 e. The molecule has 0 aromatic heterocycles. The van der Waals surface area contributed by atoms with Crippen LogP contribution in [0.25, 0.3) is 33.4 Å². The average molecular weight is 340 g/mol. The van der Waals surface area contributed by atoms with Crippen LogP contribution in [-0.4, -0.2) is 0 Å². The molecule has 0 spiro atoms. The highest BCUT2D eigenvalue weighted by Crippen LogP contribution is 2.71. The Morgan fingerprint density at radius 3 is 2.26 bits per heavy atom. The van der Waals surface area contributed by atoms with Gasteiger partial charge in [0.2, 0.25) is 0 Å². The average Bonchev–Trinajstić information content (AvgIpc) is 3.20. The van der Waals surface area contributed by atoms with E-state index in [2.05, 4.69) is 79.7 Å². The first kappa shape index (κ1) is 13.1. The first-order valence-corrected chi connectivity index (χ1v) is 9.85. The van der Waals surface area contributed by atoms with Gasteiger partial charge in [-0.15, -0.1) is 0 Å². The Morgan fingerprint density at radius 2 is 1.41 bits per heavy atom. The summed E-state index contributed by atoms with van der Waals surface area (Å²) in [7, 11) is 0. The van der Waals surface area contributed by atoms with E-state index in [4.69, 9.17) is 0 Å². The zero-order valence-corrected chi connectivity index (χ0v) is 15.0. The number of benzene rings is 3. The number of fused-ring (bicyclic) bond motifs is 4. The van der Waals surface area contributed by atoms with Gasteiger partial charge in [-0.1, -0.05) is 72.8 Å². The molecule has 0 saturated carbocycles. The molecular formula is C27H16. The minimum atomic E-state index is -0.0203. The lowest BCUT2D eigenvalue weighted by Gasteiger charge is -2.43. The molecule has 3 aromatic rings. The van der Waals surface area contributed by atoms with Crippen LogP contribution in [-0.2, 0) is 5.41 Å². The van der Waals surface area contributed by atoms with E-state index in [-0.39, 0.29) is 5.41 Å². The quantitative estimate of drug-likeness (QED) is 0.440. The van der Waals surface area contributed by atoms with E-state index in [1.807, 2.05) is 0 Å². The third kappa shape index (κ3) is 1.11. The van der Waals surface area contributed by atoms with Crippen LogP contribution in [0.4, 0.5) is 0 Å². The van der Waals surface area contributed by atoms with Crippen molar-refractivity contribution in [3.05, 3.63) is 106 Å². The standard InChI is InChI=1S/C27H16/c1-27-24-18-10-4-12-20(24)21-13-5-11-19(25(21)27)17-9-3-7-15-14-6-2-8-16(18)22(14)26(27)23(15)17/h2-13,16H,1H3. The van der Waals surface area contributed by atoms with Crippen LogP contribution in [0.1, 0.15) is 40.7 Å². The van der Waals surface area contributed by atoms with Crippen LogP contribution in [0.5, 0.6) is 0 Å². The molecule has 8 rings (SSSR count). The van der Waals surface area contributed by atoms with Gasteiger partial charge in [0.15, 0.2) is 0 Å². The van der Waals surface area contributed by atoms with Gasteiger partial charge >= 0.3 is 0 Å². The summed E-state index contributed by atoms with van der Waals surface area (Å²) in [5.41, 5.74) is 17.9. The van der Waals surface area contributed by atoms with Crippen LogP contribution in [0.3, 0.4) is 0 Å². The molecule has 0 bridgehead atoms. The van der Waals surface area contributed by atoms with Gasteiger partial charge in [-0.3, -0.25) is 0 Å². The van der Waals surface area contributed by atoms with Gasteiger partial charge in [0.25, 0.3) is 0 Å². The van der Waals surface area contributed by atoms with E-state index < -0.39 is 0 Å². The van der Waals surface area contributed by atoms with Crippen LogP contribution in [0.2, 0.25) is 0 Å². The third-order valence-electron chi connectivity index (χ3n) is 7.62. The molecule has 2 atom stereocenters. The zero-order chi connectivity index (χ0) is 17.5. The predicted octanol–water partition coefficient (Wildman–Crippen LogP) is 6.47. The molecule has 0 heteroatoms. The van der Waals surface area contributed by atoms with Crippen molar-refractivity contribution in [1.29, 1.82) is 0 Å². The first-order valence-electron chi connectivity index (χ1n) is 9.85. The van der Waals surface area contributed by atoms with E-state index >= 15 is 0 Å². The molecule has 2 unspecified atom stereocenters. The van der Waals surface area contributed by atoms with Crippen molar-refractivity contribution in [1.82, 2.24) is 0 Å². The highest BCUT2D eigenvalue weighted by atomic mass is 14.6. The normalized spacial score (nSPS) is 25.7. The van der Waals surface area contributed by atoms with Gasteiger partial charge < -0.3 is 0 Å². The van der Waals surface area contributed by atoms with Crippen LogP contribution in [0.15, 0.2) is 78.4 Å². The maximum atomic E-state index is 2.49. The Balaban J connectivity index is 1.73. The highest BCUT2D eigenvalue weighted by Gasteiger charge is 2.56. The number of hydrogen-bond donors (Lipinski definition) is 0. The fourth-order valence-electron chi connectivity index (χ4n) is 6.85. The van der Waals surface area contributed by atoms with Crippen molar-refractivity contribution < 1.29 is 0 Å². The minimum Gasteiger partial charge on any atom is -0.0726 e. The Labute approximate surface area is 158 Å². The molecule has 124 valence electrons. The molecule has 0 aliphatic heterocycles. The monoisotopic (exact) mass is 340 g/mol. The van der Waals surface area contributed by atoms with E-state index in [0.717, 1.165) is 0 Å². The summed E-state index contributed by atoms with van der Waals surface area (Å²) in [6, 6.07) is 20.8. The largest absolute Gasteiger partial charge is 0.0726 e. The highest BCUT2D eigenvalue weighted by molar-refractivity contribution is 6.16. The molecule has 5 aliphatic rings. The van der Waals surface area contributed by atoms with Gasteiger partial charge in [0.1, 0.15) is 0 Å². The maximum Gasteiger partial charge on any atom is 0.0454 e. The van der Waals surface area contributed by atoms with Crippen LogP contribution in [0, 0.1) is 0 Å². The number of hydrogen-bond acceptors (Lipinski definition) is 0. The molecule has 3 aromatic carbocycles. The summed E-state index contributed by atoms with van der Waals surface area (Å²) < 4.78 is 0. The lowest BCUT2D eigenvalue weighted by atomic mass is 9.59. The van der Waals surface area contributed by atoms with Gasteiger partial charge in [0, 0.05) is 11.3 Å². The fourth-order valence-corrected chi connectivity index (χ4v) is 6.85. The molecule has 0 nitrogen and oxygen atoms in total. The Bertz CT molecular complexity index is 1380. The molecule has 0 saturated heterocycles. The summed E-state index contributed by atoms with van der Waals surface area (Å²) in [6.07, 6.45) is 7.02. The second-order valence-electron chi connectivity index (χ2n) is 8.58. The molecule has 0 radical (unpaired) electrons. The summed E-state index contributed by atoms with van der Waals surface area (Å²) >= 11 is 0. The molecule has 0 heterocycles. The Hall–Kier alpha value is -3.12. The predicted molar refractivity (Wildman–Crippen MR) is 111 cm³/mol. The van der Waals surface area contributed by atoms with E-state index in [9.17, 15) is 0 Å². The molecular weight excluding hydrogens is 324 g/mol. The van der Waals surface area contributed by atoms with E-state index in [1.54, 1.807) is 16.7 Å². The zero-order valence-electron chi connectivity index (χ0n) is 15.0. The van der Waals surface area contributed by atoms with Crippen molar-refractivity contribution in [3.8, 4) is 22.3 Å². The Kier molecular flexibility index (Phi) is 1.83. The van der Waals surface area contributed by atoms with Crippen molar-refractivity contribution in [3.63, 3.8) is 0 Å². The van der Waals surface area contributed by atoms with Crippen LogP contribution >= 0.6 is 0 Å². The minimum absolute atomic E-state index is 0.0203. The van der Waals surface area contributed by atoms with Crippen molar-refractivity contribution in [2.45, 2.75) is 18.3 Å². The van der Waals surface area contributed by atoms with Crippen molar-refractivity contribution in [2.24, 2.45) is 0 Å². The number of allylic oxidation sites excluding steroid dienone is 6. The van der Waals surface area contributed by atoms with E-state index in [0.29, 0.717) is 5.92 Å². The fraction of sp³-hybridized carbons (Fsp3) is 0.111. The summed E-state index contributed by atoms with van der Waals surface area (Å²) in [5.74, 6) is 0.388.